The summed E-state index contributed by atoms with van der Waals surface area (Å²) in [5.41, 5.74) is 0. The van der Waals surface area contributed by atoms with Crippen LogP contribution in [0.25, 0.3) is 0 Å². The molecule has 0 aliphatic carbocycles. The van der Waals surface area contributed by atoms with Crippen molar-refractivity contribution >= 4 is 5.95 Å². The highest BCUT2D eigenvalue weighted by Crippen LogP contribution is 1.93. The molecule has 0 aliphatic rings. The minimum absolute atomic E-state index is 0.476. The summed E-state index contributed by atoms with van der Waals surface area (Å²) in [6, 6.07) is 1.78. The van der Waals surface area contributed by atoms with Crippen LogP contribution in [0.15, 0.2) is 18.5 Å². The van der Waals surface area contributed by atoms with E-state index in [4.69, 9.17) is 4.74 Å². The van der Waals surface area contributed by atoms with Crippen molar-refractivity contribution in [3.63, 3.8) is 0 Å². The Morgan fingerprint density at radius 3 is 2.85 bits per heavy atom. The van der Waals surface area contributed by atoms with Gasteiger partial charge in [0.05, 0.1) is 0 Å². The number of unbranched alkanes of at least 4 members (excludes halogenated alkanes) is 1. The second kappa shape index (κ2) is 6.37. The van der Waals surface area contributed by atoms with Crippen molar-refractivity contribution < 1.29 is 4.74 Å². The van der Waals surface area contributed by atoms with E-state index in [1.165, 1.54) is 0 Å². The van der Waals surface area contributed by atoms with Gasteiger partial charge in [-0.15, -0.1) is 0 Å². The average molecular weight is 181 g/mol. The third kappa shape index (κ3) is 4.42. The molecule has 0 bridgehead atoms. The van der Waals surface area contributed by atoms with Crippen molar-refractivity contribution in [3.8, 4) is 0 Å². The van der Waals surface area contributed by atoms with E-state index in [1.54, 1.807) is 18.5 Å². The lowest BCUT2D eigenvalue weighted by Crippen LogP contribution is -2.09. The summed E-state index contributed by atoms with van der Waals surface area (Å²) in [6.07, 6.45) is 5.64. The molecule has 72 valence electrons. The summed E-state index contributed by atoms with van der Waals surface area (Å²) in [5.74, 6) is 0.610. The number of nitrogens with one attached hydrogen (secondary N) is 1. The van der Waals surface area contributed by atoms with Crippen LogP contribution in [0, 0.1) is 0 Å². The Kier molecular flexibility index (Phi) is 4.86. The Morgan fingerprint density at radius 2 is 2.15 bits per heavy atom. The molecule has 13 heavy (non-hydrogen) atoms. The molecular formula is C9H15N3O. The maximum Gasteiger partial charge on any atom is 0.224 e. The van der Waals surface area contributed by atoms with E-state index in [1.807, 2.05) is 0 Å². The van der Waals surface area contributed by atoms with Gasteiger partial charge in [0.15, 0.2) is 0 Å². The van der Waals surface area contributed by atoms with Gasteiger partial charge in [0, 0.05) is 19.0 Å². The third-order valence-electron chi connectivity index (χ3n) is 1.54. The van der Waals surface area contributed by atoms with Gasteiger partial charge in [-0.05, 0) is 12.5 Å². The summed E-state index contributed by atoms with van der Waals surface area (Å²) in [4.78, 5) is 7.99. The quantitative estimate of drug-likeness (QED) is 0.535. The second-order valence-electron chi connectivity index (χ2n) is 2.66. The van der Waals surface area contributed by atoms with Crippen LogP contribution in [0.2, 0.25) is 0 Å². The van der Waals surface area contributed by atoms with Crippen molar-refractivity contribution in [1.29, 1.82) is 0 Å². The third-order valence-corrected chi connectivity index (χ3v) is 1.54. The topological polar surface area (TPSA) is 47.0 Å². The molecule has 1 rings (SSSR count). The first-order valence-corrected chi connectivity index (χ1v) is 4.52. The van der Waals surface area contributed by atoms with E-state index in [2.05, 4.69) is 22.2 Å². The van der Waals surface area contributed by atoms with Crippen LogP contribution in [-0.4, -0.2) is 23.3 Å². The maximum atomic E-state index is 5.29. The molecule has 0 spiro atoms. The molecule has 0 aliphatic heterocycles. The zero-order valence-corrected chi connectivity index (χ0v) is 7.86. The highest BCUT2D eigenvalue weighted by molar-refractivity contribution is 5.20. The number of aromatic nitrogens is 2. The molecular weight excluding hydrogens is 166 g/mol. The lowest BCUT2D eigenvalue weighted by atomic mass is 10.4. The van der Waals surface area contributed by atoms with Gasteiger partial charge in [0.25, 0.3) is 0 Å². The SMILES string of the molecule is CCCCOCNc1ncccn1. The molecule has 1 heterocycles. The summed E-state index contributed by atoms with van der Waals surface area (Å²) in [6.45, 7) is 3.40. The van der Waals surface area contributed by atoms with E-state index in [0.717, 1.165) is 19.4 Å². The second-order valence-corrected chi connectivity index (χ2v) is 2.66. The molecule has 0 fully saturated rings. The van der Waals surface area contributed by atoms with E-state index in [-0.39, 0.29) is 0 Å². The number of hydrogen-bond donors (Lipinski definition) is 1. The molecule has 0 saturated heterocycles. The Labute approximate surface area is 78.4 Å². The van der Waals surface area contributed by atoms with Gasteiger partial charge in [-0.2, -0.15) is 0 Å². The smallest absolute Gasteiger partial charge is 0.224 e. The van der Waals surface area contributed by atoms with Crippen molar-refractivity contribution in [2.75, 3.05) is 18.7 Å². The first-order chi connectivity index (χ1) is 6.43. The van der Waals surface area contributed by atoms with Crippen LogP contribution >= 0.6 is 0 Å². The molecule has 1 aromatic heterocycles. The van der Waals surface area contributed by atoms with Crippen molar-refractivity contribution in [1.82, 2.24) is 9.97 Å². The molecule has 0 unspecified atom stereocenters. The van der Waals surface area contributed by atoms with Crippen molar-refractivity contribution in [2.24, 2.45) is 0 Å². The number of rotatable bonds is 6. The highest BCUT2D eigenvalue weighted by atomic mass is 16.5. The summed E-state index contributed by atoms with van der Waals surface area (Å²) in [7, 11) is 0. The zero-order valence-electron chi connectivity index (χ0n) is 7.86. The zero-order chi connectivity index (χ0) is 9.36. The summed E-state index contributed by atoms with van der Waals surface area (Å²) in [5, 5.41) is 2.96. The van der Waals surface area contributed by atoms with Crippen molar-refractivity contribution in [3.05, 3.63) is 18.5 Å². The van der Waals surface area contributed by atoms with Crippen LogP contribution in [0.5, 0.6) is 0 Å². The predicted octanol–water partition coefficient (Wildman–Crippen LogP) is 1.66. The Hall–Kier alpha value is -1.16. The minimum Gasteiger partial charge on any atom is -0.361 e. The predicted molar refractivity (Wildman–Crippen MR) is 51.4 cm³/mol. The van der Waals surface area contributed by atoms with Gasteiger partial charge >= 0.3 is 0 Å². The number of ether oxygens (including phenoxy) is 1. The van der Waals surface area contributed by atoms with Crippen LogP contribution in [0.4, 0.5) is 5.95 Å². The van der Waals surface area contributed by atoms with Crippen LogP contribution in [-0.2, 0) is 4.74 Å². The van der Waals surface area contributed by atoms with E-state index < -0.39 is 0 Å². The number of anilines is 1. The van der Waals surface area contributed by atoms with Crippen LogP contribution in [0.3, 0.4) is 0 Å². The van der Waals surface area contributed by atoms with Gasteiger partial charge < -0.3 is 10.1 Å². The van der Waals surface area contributed by atoms with Gasteiger partial charge in [-0.3, -0.25) is 0 Å². The Balaban J connectivity index is 2.07. The largest absolute Gasteiger partial charge is 0.361 e. The molecule has 0 aromatic carbocycles. The molecule has 1 aromatic rings. The van der Waals surface area contributed by atoms with Gasteiger partial charge in [0.2, 0.25) is 5.95 Å². The molecule has 0 amide bonds. The maximum absolute atomic E-state index is 5.29. The average Bonchev–Trinajstić information content (AvgIpc) is 2.19. The molecule has 0 radical (unpaired) electrons. The standard InChI is InChI=1S/C9H15N3O/c1-2-3-7-13-8-12-9-10-5-4-6-11-9/h4-6H,2-3,7-8H2,1H3,(H,10,11,12). The van der Waals surface area contributed by atoms with Crippen LogP contribution in [0.1, 0.15) is 19.8 Å². The van der Waals surface area contributed by atoms with Crippen LogP contribution < -0.4 is 5.32 Å². The van der Waals surface area contributed by atoms with E-state index in [9.17, 15) is 0 Å². The fraction of sp³-hybridized carbons (Fsp3) is 0.556. The normalized spacial score (nSPS) is 9.92. The molecule has 0 atom stereocenters. The molecule has 4 heteroatoms. The van der Waals surface area contributed by atoms with Gasteiger partial charge in [-0.1, -0.05) is 13.3 Å². The summed E-state index contributed by atoms with van der Waals surface area (Å²) < 4.78 is 5.29. The minimum atomic E-state index is 0.476. The Bertz CT molecular complexity index is 215. The lowest BCUT2D eigenvalue weighted by Gasteiger charge is -2.04. The molecule has 4 nitrogen and oxygen atoms in total. The molecule has 0 saturated carbocycles. The highest BCUT2D eigenvalue weighted by Gasteiger charge is 1.90. The van der Waals surface area contributed by atoms with Crippen molar-refractivity contribution in [2.45, 2.75) is 19.8 Å². The summed E-state index contributed by atoms with van der Waals surface area (Å²) >= 11 is 0. The van der Waals surface area contributed by atoms with E-state index >= 15 is 0 Å². The van der Waals surface area contributed by atoms with E-state index in [0.29, 0.717) is 12.7 Å². The number of nitrogens with zero attached hydrogens (tertiary/aromatic N) is 2. The lowest BCUT2D eigenvalue weighted by molar-refractivity contribution is 0.148. The first kappa shape index (κ1) is 9.92. The fourth-order valence-electron chi connectivity index (χ4n) is 0.825. The monoisotopic (exact) mass is 181 g/mol. The fourth-order valence-corrected chi connectivity index (χ4v) is 0.825. The van der Waals surface area contributed by atoms with Gasteiger partial charge in [0.1, 0.15) is 6.73 Å². The Morgan fingerprint density at radius 1 is 1.38 bits per heavy atom. The molecule has 1 N–H and O–H groups in total. The number of hydrogen-bond acceptors (Lipinski definition) is 4. The first-order valence-electron chi connectivity index (χ1n) is 4.52. The van der Waals surface area contributed by atoms with Gasteiger partial charge in [-0.25, -0.2) is 9.97 Å².